The van der Waals surface area contributed by atoms with Crippen LogP contribution >= 0.6 is 0 Å². The number of fused-ring (bicyclic) bond motifs is 1. The number of hydrogen-bond acceptors (Lipinski definition) is 2. The molecule has 0 spiro atoms. The third kappa shape index (κ3) is 2.58. The lowest BCUT2D eigenvalue weighted by atomic mass is 10.1. The van der Waals surface area contributed by atoms with Crippen molar-refractivity contribution in [2.45, 2.75) is 26.0 Å². The van der Waals surface area contributed by atoms with E-state index in [9.17, 15) is 5.11 Å². The van der Waals surface area contributed by atoms with Gasteiger partial charge in [-0.25, -0.2) is 4.98 Å². The number of pyridine rings is 1. The van der Waals surface area contributed by atoms with E-state index in [0.29, 0.717) is 0 Å². The molecule has 20 heavy (non-hydrogen) atoms. The van der Waals surface area contributed by atoms with Crippen molar-refractivity contribution in [2.24, 2.45) is 0 Å². The van der Waals surface area contributed by atoms with Crippen LogP contribution in [0, 0.1) is 0 Å². The minimum absolute atomic E-state index is 0.0634. The van der Waals surface area contributed by atoms with Gasteiger partial charge in [0.1, 0.15) is 5.65 Å². The van der Waals surface area contributed by atoms with Crippen molar-refractivity contribution in [3.63, 3.8) is 0 Å². The van der Waals surface area contributed by atoms with Crippen molar-refractivity contribution in [1.29, 1.82) is 0 Å². The van der Waals surface area contributed by atoms with Crippen LogP contribution in [0.5, 0.6) is 0 Å². The molecule has 2 aromatic heterocycles. The van der Waals surface area contributed by atoms with Crippen molar-refractivity contribution >= 4 is 11.0 Å². The molecule has 102 valence electrons. The summed E-state index contributed by atoms with van der Waals surface area (Å²) in [5, 5.41) is 10.5. The van der Waals surface area contributed by atoms with E-state index < -0.39 is 0 Å². The van der Waals surface area contributed by atoms with Crippen LogP contribution in [0.2, 0.25) is 0 Å². The van der Waals surface area contributed by atoms with Gasteiger partial charge < -0.3 is 9.67 Å². The van der Waals surface area contributed by atoms with Gasteiger partial charge in [-0.15, -0.1) is 0 Å². The van der Waals surface area contributed by atoms with Crippen LogP contribution in [-0.4, -0.2) is 14.7 Å². The molecule has 1 aromatic carbocycles. The molecule has 0 saturated heterocycles. The largest absolute Gasteiger partial charge is 0.392 e. The van der Waals surface area contributed by atoms with Crippen molar-refractivity contribution in [1.82, 2.24) is 9.55 Å². The number of hydrogen-bond donors (Lipinski definition) is 1. The van der Waals surface area contributed by atoms with Crippen LogP contribution in [0.3, 0.4) is 0 Å². The van der Waals surface area contributed by atoms with Gasteiger partial charge in [-0.05, 0) is 30.5 Å². The van der Waals surface area contributed by atoms with Crippen LogP contribution in [0.1, 0.15) is 17.5 Å². The maximum Gasteiger partial charge on any atom is 0.140 e. The lowest BCUT2D eigenvalue weighted by molar-refractivity contribution is 0.283. The van der Waals surface area contributed by atoms with Gasteiger partial charge >= 0.3 is 0 Å². The van der Waals surface area contributed by atoms with E-state index in [1.54, 1.807) is 6.20 Å². The molecule has 0 amide bonds. The number of aliphatic hydroxyl groups is 1. The van der Waals surface area contributed by atoms with Gasteiger partial charge in [0.05, 0.1) is 6.61 Å². The van der Waals surface area contributed by atoms with Gasteiger partial charge in [-0.3, -0.25) is 0 Å². The van der Waals surface area contributed by atoms with Crippen molar-refractivity contribution < 1.29 is 5.11 Å². The molecular formula is C17H18N2O. The summed E-state index contributed by atoms with van der Waals surface area (Å²) in [4.78, 5) is 4.43. The summed E-state index contributed by atoms with van der Waals surface area (Å²) < 4.78 is 2.14. The Balaban J connectivity index is 1.74. The van der Waals surface area contributed by atoms with Crippen molar-refractivity contribution in [3.8, 4) is 0 Å². The smallest absolute Gasteiger partial charge is 0.140 e. The van der Waals surface area contributed by atoms with Gasteiger partial charge in [0, 0.05) is 29.9 Å². The van der Waals surface area contributed by atoms with Gasteiger partial charge in [0.15, 0.2) is 0 Å². The average Bonchev–Trinajstić information content (AvgIpc) is 2.87. The van der Waals surface area contributed by atoms with E-state index in [0.717, 1.165) is 36.0 Å². The SMILES string of the molecule is OCc1cn(CCCc2ccccc2)c2ncccc12. The Morgan fingerprint density at radius 2 is 1.90 bits per heavy atom. The predicted molar refractivity (Wildman–Crippen MR) is 80.4 cm³/mol. The van der Waals surface area contributed by atoms with Crippen molar-refractivity contribution in [2.75, 3.05) is 0 Å². The minimum atomic E-state index is 0.0634. The molecule has 3 heteroatoms. The maximum atomic E-state index is 9.41. The van der Waals surface area contributed by atoms with Crippen LogP contribution in [0.25, 0.3) is 11.0 Å². The first-order valence-corrected chi connectivity index (χ1v) is 6.96. The van der Waals surface area contributed by atoms with Gasteiger partial charge in [0.25, 0.3) is 0 Å². The fraction of sp³-hybridized carbons (Fsp3) is 0.235. The highest BCUT2D eigenvalue weighted by molar-refractivity contribution is 5.80. The predicted octanol–water partition coefficient (Wildman–Crippen LogP) is 3.16. The Morgan fingerprint density at radius 3 is 2.70 bits per heavy atom. The quantitative estimate of drug-likeness (QED) is 0.770. The Hall–Kier alpha value is -2.13. The fourth-order valence-electron chi connectivity index (χ4n) is 2.59. The minimum Gasteiger partial charge on any atom is -0.392 e. The molecule has 0 aliphatic heterocycles. The first-order valence-electron chi connectivity index (χ1n) is 6.96. The standard InChI is InChI=1S/C17H18N2O/c20-13-15-12-19(17-16(15)9-4-10-18-17)11-5-8-14-6-2-1-3-7-14/h1-4,6-7,9-10,12,20H,5,8,11,13H2. The maximum absolute atomic E-state index is 9.41. The summed E-state index contributed by atoms with van der Waals surface area (Å²) in [5.74, 6) is 0. The molecule has 0 aliphatic rings. The molecule has 1 N–H and O–H groups in total. The molecule has 0 saturated carbocycles. The zero-order chi connectivity index (χ0) is 13.8. The molecule has 0 fully saturated rings. The normalized spacial score (nSPS) is 11.1. The molecule has 0 aliphatic carbocycles. The lowest BCUT2D eigenvalue weighted by Gasteiger charge is -2.04. The third-order valence-electron chi connectivity index (χ3n) is 3.59. The highest BCUT2D eigenvalue weighted by Crippen LogP contribution is 2.19. The zero-order valence-electron chi connectivity index (χ0n) is 11.4. The van der Waals surface area contributed by atoms with Crippen LogP contribution in [0.15, 0.2) is 54.9 Å². The Bertz CT molecular complexity index is 689. The number of rotatable bonds is 5. The Morgan fingerprint density at radius 1 is 1.05 bits per heavy atom. The fourth-order valence-corrected chi connectivity index (χ4v) is 2.59. The van der Waals surface area contributed by atoms with E-state index in [-0.39, 0.29) is 6.61 Å². The van der Waals surface area contributed by atoms with Crippen molar-refractivity contribution in [3.05, 3.63) is 66.0 Å². The number of benzene rings is 1. The third-order valence-corrected chi connectivity index (χ3v) is 3.59. The molecular weight excluding hydrogens is 248 g/mol. The van der Waals surface area contributed by atoms with E-state index in [2.05, 4.69) is 33.8 Å². The molecule has 0 bridgehead atoms. The monoisotopic (exact) mass is 266 g/mol. The molecule has 3 aromatic rings. The molecule has 3 rings (SSSR count). The highest BCUT2D eigenvalue weighted by atomic mass is 16.3. The van der Waals surface area contributed by atoms with E-state index >= 15 is 0 Å². The zero-order valence-corrected chi connectivity index (χ0v) is 11.4. The molecule has 3 nitrogen and oxygen atoms in total. The lowest BCUT2D eigenvalue weighted by Crippen LogP contribution is -1.99. The average molecular weight is 266 g/mol. The van der Waals surface area contributed by atoms with Crippen LogP contribution < -0.4 is 0 Å². The second kappa shape index (κ2) is 5.88. The number of aryl methyl sites for hydroxylation is 2. The second-order valence-corrected chi connectivity index (χ2v) is 4.97. The summed E-state index contributed by atoms with van der Waals surface area (Å²) in [7, 11) is 0. The topological polar surface area (TPSA) is 38.0 Å². The molecule has 0 unspecified atom stereocenters. The highest BCUT2D eigenvalue weighted by Gasteiger charge is 2.07. The molecule has 2 heterocycles. The summed E-state index contributed by atoms with van der Waals surface area (Å²) in [5.41, 5.74) is 3.27. The van der Waals surface area contributed by atoms with E-state index in [1.807, 2.05) is 24.4 Å². The summed E-state index contributed by atoms with van der Waals surface area (Å²) >= 11 is 0. The van der Waals surface area contributed by atoms with Gasteiger partial charge in [-0.1, -0.05) is 30.3 Å². The second-order valence-electron chi connectivity index (χ2n) is 4.97. The van der Waals surface area contributed by atoms with Crippen LogP contribution in [0.4, 0.5) is 0 Å². The summed E-state index contributed by atoms with van der Waals surface area (Å²) in [6.45, 7) is 0.982. The number of aliphatic hydroxyl groups excluding tert-OH is 1. The van der Waals surface area contributed by atoms with E-state index in [4.69, 9.17) is 0 Å². The van der Waals surface area contributed by atoms with E-state index in [1.165, 1.54) is 5.56 Å². The van der Waals surface area contributed by atoms with Gasteiger partial charge in [-0.2, -0.15) is 0 Å². The Kier molecular flexibility index (Phi) is 3.79. The number of aromatic nitrogens is 2. The molecule has 0 atom stereocenters. The summed E-state index contributed by atoms with van der Waals surface area (Å²) in [6, 6.07) is 14.4. The Labute approximate surface area is 118 Å². The summed E-state index contributed by atoms with van der Waals surface area (Å²) in [6.07, 6.45) is 5.94. The van der Waals surface area contributed by atoms with Crippen LogP contribution in [-0.2, 0) is 19.6 Å². The first-order chi connectivity index (χ1) is 9.88. The number of nitrogens with zero attached hydrogens (tertiary/aromatic N) is 2. The van der Waals surface area contributed by atoms with Gasteiger partial charge in [0.2, 0.25) is 0 Å². The first kappa shape index (κ1) is 12.9. The molecule has 0 radical (unpaired) electrons.